The van der Waals surface area contributed by atoms with E-state index in [0.717, 1.165) is 22.7 Å². The Morgan fingerprint density at radius 3 is 2.68 bits per heavy atom. The van der Waals surface area contributed by atoms with Gasteiger partial charge in [0.1, 0.15) is 5.01 Å². The molecule has 0 bridgehead atoms. The van der Waals surface area contributed by atoms with Crippen LogP contribution in [0.25, 0.3) is 10.6 Å². The van der Waals surface area contributed by atoms with Crippen LogP contribution in [0.3, 0.4) is 0 Å². The van der Waals surface area contributed by atoms with E-state index < -0.39 is 0 Å². The second-order valence-corrected chi connectivity index (χ2v) is 5.24. The number of hydrogen-bond donors (Lipinski definition) is 1. The normalized spacial score (nSPS) is 10.4. The van der Waals surface area contributed by atoms with Gasteiger partial charge in [-0.05, 0) is 18.6 Å². The molecule has 1 aromatic heterocycles. The monoisotopic (exact) mass is 294 g/mol. The van der Waals surface area contributed by atoms with Gasteiger partial charge in [0.05, 0.1) is 11.6 Å². The van der Waals surface area contributed by atoms with Gasteiger partial charge in [0.25, 0.3) is 5.91 Å². The summed E-state index contributed by atoms with van der Waals surface area (Å²) in [7, 11) is 0. The maximum Gasteiger partial charge on any atom is 0.251 e. The number of nitrogens with one attached hydrogen (secondary N) is 1. The van der Waals surface area contributed by atoms with Gasteiger partial charge in [-0.15, -0.1) is 22.9 Å². The zero-order valence-electron chi connectivity index (χ0n) is 10.6. The Kier molecular flexibility index (Phi) is 4.93. The lowest BCUT2D eigenvalue weighted by Gasteiger charge is -2.04. The van der Waals surface area contributed by atoms with Crippen molar-refractivity contribution in [1.29, 1.82) is 0 Å². The summed E-state index contributed by atoms with van der Waals surface area (Å²) in [5, 5.41) is 5.73. The molecular formula is C14H15ClN2OS. The minimum Gasteiger partial charge on any atom is -0.352 e. The number of thiazole rings is 1. The molecule has 1 heterocycles. The Morgan fingerprint density at radius 2 is 2.11 bits per heavy atom. The molecule has 5 heteroatoms. The van der Waals surface area contributed by atoms with Crippen molar-refractivity contribution in [2.45, 2.75) is 19.2 Å². The van der Waals surface area contributed by atoms with Crippen LogP contribution in [0.5, 0.6) is 0 Å². The molecule has 0 fully saturated rings. The Bertz CT molecular complexity index is 551. The SMILES string of the molecule is CCCNC(=O)c1ccc(-c2nc(CCl)cs2)cc1. The standard InChI is InChI=1S/C14H15ClN2OS/c1-2-7-16-13(18)10-3-5-11(6-4-10)14-17-12(8-15)9-19-14/h3-6,9H,2,7-8H2,1H3,(H,16,18). The summed E-state index contributed by atoms with van der Waals surface area (Å²) in [5.41, 5.74) is 2.56. The summed E-state index contributed by atoms with van der Waals surface area (Å²) in [6.07, 6.45) is 0.935. The molecule has 0 aliphatic heterocycles. The number of halogens is 1. The Hall–Kier alpha value is -1.39. The van der Waals surface area contributed by atoms with E-state index in [1.807, 2.05) is 36.6 Å². The number of benzene rings is 1. The third-order valence-electron chi connectivity index (χ3n) is 2.62. The second kappa shape index (κ2) is 6.68. The molecule has 1 amide bonds. The van der Waals surface area contributed by atoms with Crippen LogP contribution >= 0.6 is 22.9 Å². The molecule has 0 saturated carbocycles. The van der Waals surface area contributed by atoms with E-state index in [1.54, 1.807) is 11.3 Å². The molecule has 2 rings (SSSR count). The zero-order chi connectivity index (χ0) is 13.7. The number of carbonyl (C=O) groups excluding carboxylic acids is 1. The quantitative estimate of drug-likeness (QED) is 0.855. The molecule has 0 aliphatic carbocycles. The van der Waals surface area contributed by atoms with Crippen LogP contribution in [0.1, 0.15) is 29.4 Å². The van der Waals surface area contributed by atoms with Crippen LogP contribution in [-0.2, 0) is 5.88 Å². The number of rotatable bonds is 5. The highest BCUT2D eigenvalue weighted by atomic mass is 35.5. The number of nitrogens with zero attached hydrogens (tertiary/aromatic N) is 1. The van der Waals surface area contributed by atoms with Crippen LogP contribution in [0, 0.1) is 0 Å². The van der Waals surface area contributed by atoms with Crippen LogP contribution in [0.2, 0.25) is 0 Å². The average molecular weight is 295 g/mol. The maximum atomic E-state index is 11.8. The maximum absolute atomic E-state index is 11.8. The number of aromatic nitrogens is 1. The van der Waals surface area contributed by atoms with Crippen LogP contribution in [0.15, 0.2) is 29.6 Å². The van der Waals surface area contributed by atoms with Gasteiger partial charge in [-0.25, -0.2) is 4.98 Å². The molecule has 0 radical (unpaired) electrons. The molecule has 0 saturated heterocycles. The number of hydrogen-bond acceptors (Lipinski definition) is 3. The highest BCUT2D eigenvalue weighted by molar-refractivity contribution is 7.13. The van der Waals surface area contributed by atoms with Gasteiger partial charge >= 0.3 is 0 Å². The molecule has 19 heavy (non-hydrogen) atoms. The lowest BCUT2D eigenvalue weighted by molar-refractivity contribution is 0.0953. The predicted octanol–water partition coefficient (Wildman–Crippen LogP) is 3.69. The number of carbonyl (C=O) groups is 1. The average Bonchev–Trinajstić information content (AvgIpc) is 2.94. The number of amides is 1. The minimum atomic E-state index is -0.0333. The first-order valence-corrected chi connectivity index (χ1v) is 7.55. The molecule has 3 nitrogen and oxygen atoms in total. The van der Waals surface area contributed by atoms with E-state index in [1.165, 1.54) is 0 Å². The molecular weight excluding hydrogens is 280 g/mol. The van der Waals surface area contributed by atoms with E-state index in [9.17, 15) is 4.79 Å². The van der Waals surface area contributed by atoms with Gasteiger partial charge in [0.2, 0.25) is 0 Å². The van der Waals surface area contributed by atoms with E-state index in [-0.39, 0.29) is 5.91 Å². The Balaban J connectivity index is 2.11. The minimum absolute atomic E-state index is 0.0333. The van der Waals surface area contributed by atoms with E-state index >= 15 is 0 Å². The lowest BCUT2D eigenvalue weighted by atomic mass is 10.1. The van der Waals surface area contributed by atoms with Crippen LogP contribution in [-0.4, -0.2) is 17.4 Å². The summed E-state index contributed by atoms with van der Waals surface area (Å²) in [6, 6.07) is 7.47. The summed E-state index contributed by atoms with van der Waals surface area (Å²) in [5.74, 6) is 0.391. The zero-order valence-corrected chi connectivity index (χ0v) is 12.2. The third-order valence-corrected chi connectivity index (χ3v) is 3.83. The van der Waals surface area contributed by atoms with E-state index in [4.69, 9.17) is 11.6 Å². The second-order valence-electron chi connectivity index (χ2n) is 4.11. The smallest absolute Gasteiger partial charge is 0.251 e. The van der Waals surface area contributed by atoms with Crippen molar-refractivity contribution < 1.29 is 4.79 Å². The molecule has 1 N–H and O–H groups in total. The van der Waals surface area contributed by atoms with Crippen LogP contribution in [0.4, 0.5) is 0 Å². The summed E-state index contributed by atoms with van der Waals surface area (Å²) in [6.45, 7) is 2.73. The highest BCUT2D eigenvalue weighted by Crippen LogP contribution is 2.24. The van der Waals surface area contributed by atoms with Gasteiger partial charge in [0.15, 0.2) is 0 Å². The topological polar surface area (TPSA) is 42.0 Å². The van der Waals surface area contributed by atoms with Crippen LogP contribution < -0.4 is 5.32 Å². The first-order chi connectivity index (χ1) is 9.24. The fourth-order valence-electron chi connectivity index (χ4n) is 1.61. The summed E-state index contributed by atoms with van der Waals surface area (Å²) < 4.78 is 0. The molecule has 2 aromatic rings. The van der Waals surface area contributed by atoms with Crippen molar-refractivity contribution in [2.24, 2.45) is 0 Å². The van der Waals surface area contributed by atoms with Gasteiger partial charge < -0.3 is 5.32 Å². The van der Waals surface area contributed by atoms with Gasteiger partial charge in [-0.3, -0.25) is 4.79 Å². The highest BCUT2D eigenvalue weighted by Gasteiger charge is 2.07. The first-order valence-electron chi connectivity index (χ1n) is 6.13. The van der Waals surface area contributed by atoms with Crippen molar-refractivity contribution in [3.63, 3.8) is 0 Å². The molecule has 0 atom stereocenters. The third kappa shape index (κ3) is 3.55. The molecule has 0 aliphatic rings. The fraction of sp³-hybridized carbons (Fsp3) is 0.286. The molecule has 0 unspecified atom stereocenters. The van der Waals surface area contributed by atoms with Gasteiger partial charge in [-0.2, -0.15) is 0 Å². The Labute approximate surface area is 121 Å². The van der Waals surface area contributed by atoms with Crippen molar-refractivity contribution in [3.8, 4) is 10.6 Å². The molecule has 100 valence electrons. The largest absolute Gasteiger partial charge is 0.352 e. The number of alkyl halides is 1. The van der Waals surface area contributed by atoms with E-state index in [0.29, 0.717) is 18.0 Å². The van der Waals surface area contributed by atoms with Crippen molar-refractivity contribution in [3.05, 3.63) is 40.9 Å². The first kappa shape index (κ1) is 14.0. The fourth-order valence-corrected chi connectivity index (χ4v) is 2.66. The summed E-state index contributed by atoms with van der Waals surface area (Å²) in [4.78, 5) is 16.2. The molecule has 0 spiro atoms. The lowest BCUT2D eigenvalue weighted by Crippen LogP contribution is -2.23. The summed E-state index contributed by atoms with van der Waals surface area (Å²) >= 11 is 7.29. The van der Waals surface area contributed by atoms with Gasteiger partial charge in [-0.1, -0.05) is 19.1 Å². The predicted molar refractivity (Wildman–Crippen MR) is 79.7 cm³/mol. The Morgan fingerprint density at radius 1 is 1.37 bits per heavy atom. The van der Waals surface area contributed by atoms with E-state index in [2.05, 4.69) is 10.3 Å². The van der Waals surface area contributed by atoms with Gasteiger partial charge in [0, 0.05) is 23.1 Å². The molecule has 1 aromatic carbocycles. The van der Waals surface area contributed by atoms with Crippen molar-refractivity contribution in [2.75, 3.05) is 6.54 Å². The van der Waals surface area contributed by atoms with Crippen molar-refractivity contribution in [1.82, 2.24) is 10.3 Å². The van der Waals surface area contributed by atoms with Crippen molar-refractivity contribution >= 4 is 28.8 Å².